The lowest BCUT2D eigenvalue weighted by Gasteiger charge is -2.27. The van der Waals surface area contributed by atoms with Gasteiger partial charge in [-0.3, -0.25) is 0 Å². The number of aromatic nitrogens is 5. The molecule has 0 saturated carbocycles. The molecule has 0 spiro atoms. The Labute approximate surface area is 112 Å². The van der Waals surface area contributed by atoms with Gasteiger partial charge in [-0.2, -0.15) is 20.1 Å². The van der Waals surface area contributed by atoms with E-state index in [1.54, 1.807) is 17.1 Å². The lowest BCUT2D eigenvalue weighted by Crippen LogP contribution is -2.34. The summed E-state index contributed by atoms with van der Waals surface area (Å²) < 4.78 is 1.58. The minimum Gasteiger partial charge on any atom is -0.368 e. The normalized spacial score (nSPS) is 12.4. The second-order valence-electron chi connectivity index (χ2n) is 4.29. The SMILES string of the molecule is CCC(C)N(CC)c1nc(N)nc(-n2cccn2)n1. The van der Waals surface area contributed by atoms with Gasteiger partial charge in [0.2, 0.25) is 11.9 Å². The predicted molar refractivity (Wildman–Crippen MR) is 74.1 cm³/mol. The molecule has 0 aromatic carbocycles. The number of hydrogen-bond acceptors (Lipinski definition) is 6. The zero-order chi connectivity index (χ0) is 13.8. The fourth-order valence-corrected chi connectivity index (χ4v) is 1.86. The van der Waals surface area contributed by atoms with E-state index in [4.69, 9.17) is 5.73 Å². The van der Waals surface area contributed by atoms with Crippen molar-refractivity contribution in [3.63, 3.8) is 0 Å². The van der Waals surface area contributed by atoms with E-state index in [0.717, 1.165) is 13.0 Å². The van der Waals surface area contributed by atoms with Gasteiger partial charge in [0, 0.05) is 25.0 Å². The predicted octanol–water partition coefficient (Wildman–Crippen LogP) is 1.26. The molecule has 2 aromatic heterocycles. The van der Waals surface area contributed by atoms with Crippen LogP contribution >= 0.6 is 0 Å². The van der Waals surface area contributed by atoms with Gasteiger partial charge in [0.1, 0.15) is 0 Å². The minimum atomic E-state index is 0.206. The molecule has 0 amide bonds. The topological polar surface area (TPSA) is 85.8 Å². The van der Waals surface area contributed by atoms with Crippen molar-refractivity contribution in [2.24, 2.45) is 0 Å². The molecule has 0 aliphatic carbocycles. The van der Waals surface area contributed by atoms with Gasteiger partial charge in [0.25, 0.3) is 5.95 Å². The van der Waals surface area contributed by atoms with Gasteiger partial charge in [0.05, 0.1) is 0 Å². The Morgan fingerprint density at radius 3 is 2.68 bits per heavy atom. The molecule has 0 radical (unpaired) electrons. The van der Waals surface area contributed by atoms with Crippen molar-refractivity contribution in [3.05, 3.63) is 18.5 Å². The molecule has 7 nitrogen and oxygen atoms in total. The van der Waals surface area contributed by atoms with E-state index >= 15 is 0 Å². The lowest BCUT2D eigenvalue weighted by molar-refractivity contribution is 0.611. The number of nitrogen functional groups attached to an aromatic ring is 1. The molecule has 0 bridgehead atoms. The van der Waals surface area contributed by atoms with Gasteiger partial charge >= 0.3 is 0 Å². The van der Waals surface area contributed by atoms with Crippen LogP contribution in [0.3, 0.4) is 0 Å². The Kier molecular flexibility index (Phi) is 3.94. The summed E-state index contributed by atoms with van der Waals surface area (Å²) in [5.41, 5.74) is 5.77. The van der Waals surface area contributed by atoms with E-state index < -0.39 is 0 Å². The Morgan fingerprint density at radius 2 is 2.11 bits per heavy atom. The van der Waals surface area contributed by atoms with Crippen molar-refractivity contribution >= 4 is 11.9 Å². The van der Waals surface area contributed by atoms with Crippen LogP contribution in [0, 0.1) is 0 Å². The van der Waals surface area contributed by atoms with E-state index in [0.29, 0.717) is 17.9 Å². The van der Waals surface area contributed by atoms with Crippen molar-refractivity contribution < 1.29 is 0 Å². The highest BCUT2D eigenvalue weighted by atomic mass is 15.4. The van der Waals surface area contributed by atoms with Crippen LogP contribution in [0.2, 0.25) is 0 Å². The highest BCUT2D eigenvalue weighted by molar-refractivity contribution is 5.38. The summed E-state index contributed by atoms with van der Waals surface area (Å²) in [4.78, 5) is 14.9. The first-order valence-corrected chi connectivity index (χ1v) is 6.43. The summed E-state index contributed by atoms with van der Waals surface area (Å²) in [6.07, 6.45) is 4.46. The molecule has 102 valence electrons. The standard InChI is InChI=1S/C12H19N7/c1-4-9(3)18(5-2)11-15-10(13)16-12(17-11)19-8-6-7-14-19/h6-9H,4-5H2,1-3H3,(H2,13,15,16,17). The summed E-state index contributed by atoms with van der Waals surface area (Å²) in [6, 6.07) is 2.16. The second-order valence-corrected chi connectivity index (χ2v) is 4.29. The molecule has 2 N–H and O–H groups in total. The molecule has 2 aromatic rings. The van der Waals surface area contributed by atoms with Gasteiger partial charge in [-0.1, -0.05) is 6.92 Å². The molecule has 0 fully saturated rings. The number of hydrogen-bond donors (Lipinski definition) is 1. The maximum Gasteiger partial charge on any atom is 0.257 e. The van der Waals surface area contributed by atoms with E-state index in [1.807, 2.05) is 6.07 Å². The maximum absolute atomic E-state index is 5.77. The van der Waals surface area contributed by atoms with Crippen LogP contribution in [-0.4, -0.2) is 37.3 Å². The van der Waals surface area contributed by atoms with Gasteiger partial charge < -0.3 is 10.6 Å². The first-order valence-electron chi connectivity index (χ1n) is 6.43. The molecule has 1 atom stereocenters. The summed E-state index contributed by atoms with van der Waals surface area (Å²) in [5, 5.41) is 4.11. The zero-order valence-corrected chi connectivity index (χ0v) is 11.5. The van der Waals surface area contributed by atoms with Crippen LogP contribution < -0.4 is 10.6 Å². The van der Waals surface area contributed by atoms with Gasteiger partial charge in [-0.15, -0.1) is 0 Å². The van der Waals surface area contributed by atoms with E-state index in [1.165, 1.54) is 0 Å². The van der Waals surface area contributed by atoms with Crippen LogP contribution in [0.15, 0.2) is 18.5 Å². The largest absolute Gasteiger partial charge is 0.368 e. The second kappa shape index (κ2) is 5.64. The quantitative estimate of drug-likeness (QED) is 0.872. The monoisotopic (exact) mass is 261 g/mol. The first-order chi connectivity index (χ1) is 9.15. The molecule has 7 heteroatoms. The summed E-state index contributed by atoms with van der Waals surface area (Å²) >= 11 is 0. The molecular formula is C12H19N7. The van der Waals surface area contributed by atoms with Gasteiger partial charge in [-0.05, 0) is 26.3 Å². The Hall–Kier alpha value is -2.18. The number of rotatable bonds is 5. The van der Waals surface area contributed by atoms with Gasteiger partial charge in [-0.25, -0.2) is 4.68 Å². The Morgan fingerprint density at radius 1 is 1.32 bits per heavy atom. The molecule has 2 rings (SSSR count). The average Bonchev–Trinajstić information content (AvgIpc) is 2.92. The fraction of sp³-hybridized carbons (Fsp3) is 0.500. The van der Waals surface area contributed by atoms with Crippen molar-refractivity contribution in [2.45, 2.75) is 33.2 Å². The van der Waals surface area contributed by atoms with Gasteiger partial charge in [0.15, 0.2) is 0 Å². The van der Waals surface area contributed by atoms with Crippen LogP contribution in [-0.2, 0) is 0 Å². The molecular weight excluding hydrogens is 242 g/mol. The van der Waals surface area contributed by atoms with Crippen molar-refractivity contribution in [1.29, 1.82) is 0 Å². The average molecular weight is 261 g/mol. The molecule has 0 aliphatic heterocycles. The van der Waals surface area contributed by atoms with Crippen molar-refractivity contribution in [3.8, 4) is 5.95 Å². The van der Waals surface area contributed by atoms with Crippen molar-refractivity contribution in [1.82, 2.24) is 24.7 Å². The molecule has 0 aliphatic rings. The highest BCUT2D eigenvalue weighted by Gasteiger charge is 2.16. The van der Waals surface area contributed by atoms with Crippen LogP contribution in [0.4, 0.5) is 11.9 Å². The van der Waals surface area contributed by atoms with Crippen LogP contribution in [0.1, 0.15) is 27.2 Å². The smallest absolute Gasteiger partial charge is 0.257 e. The van der Waals surface area contributed by atoms with E-state index in [9.17, 15) is 0 Å². The van der Waals surface area contributed by atoms with Crippen molar-refractivity contribution in [2.75, 3.05) is 17.2 Å². The van der Waals surface area contributed by atoms with E-state index in [-0.39, 0.29) is 5.95 Å². The third-order valence-electron chi connectivity index (χ3n) is 3.06. The molecule has 1 unspecified atom stereocenters. The fourth-order valence-electron chi connectivity index (χ4n) is 1.86. The van der Waals surface area contributed by atoms with E-state index in [2.05, 4.69) is 45.7 Å². The maximum atomic E-state index is 5.77. The minimum absolute atomic E-state index is 0.206. The third kappa shape index (κ3) is 2.81. The number of nitrogens with two attached hydrogens (primary N) is 1. The summed E-state index contributed by atoms with van der Waals surface area (Å²) in [5.74, 6) is 1.24. The number of nitrogens with zero attached hydrogens (tertiary/aromatic N) is 6. The summed E-state index contributed by atoms with van der Waals surface area (Å²) in [6.45, 7) is 7.15. The molecule has 0 saturated heterocycles. The first kappa shape index (κ1) is 13.3. The Balaban J connectivity index is 2.41. The van der Waals surface area contributed by atoms with Crippen LogP contribution in [0.5, 0.6) is 0 Å². The molecule has 2 heterocycles. The highest BCUT2D eigenvalue weighted by Crippen LogP contribution is 2.15. The third-order valence-corrected chi connectivity index (χ3v) is 3.06. The Bertz CT molecular complexity index is 523. The number of anilines is 2. The summed E-state index contributed by atoms with van der Waals surface area (Å²) in [7, 11) is 0. The lowest BCUT2D eigenvalue weighted by atomic mass is 10.2. The van der Waals surface area contributed by atoms with Crippen LogP contribution in [0.25, 0.3) is 5.95 Å². The molecule has 19 heavy (non-hydrogen) atoms. The zero-order valence-electron chi connectivity index (χ0n) is 11.5.